The van der Waals surface area contributed by atoms with E-state index in [1.54, 1.807) is 7.11 Å². The molecular weight excluding hydrogens is 461 g/mol. The lowest BCUT2D eigenvalue weighted by atomic mass is 10.0. The molecule has 6 nitrogen and oxygen atoms in total. The van der Waals surface area contributed by atoms with Crippen LogP contribution in [0.2, 0.25) is 0 Å². The number of rotatable bonds is 27. The van der Waals surface area contributed by atoms with Crippen LogP contribution in [0.15, 0.2) is 0 Å². The quantitative estimate of drug-likeness (QED) is 0.0531. The number of unbranched alkanes of at least 4 members (excludes halogenated alkanes) is 15. The molecule has 1 saturated heterocycles. The van der Waals surface area contributed by atoms with Crippen molar-refractivity contribution >= 4 is 7.60 Å². The van der Waals surface area contributed by atoms with Crippen LogP contribution in [-0.4, -0.2) is 75.3 Å². The van der Waals surface area contributed by atoms with Gasteiger partial charge in [0.15, 0.2) is 0 Å². The van der Waals surface area contributed by atoms with Gasteiger partial charge >= 0.3 is 7.60 Å². The first-order valence-electron chi connectivity index (χ1n) is 14.8. The van der Waals surface area contributed by atoms with Gasteiger partial charge in [-0.3, -0.25) is 4.57 Å². The molecule has 2 atom stereocenters. The highest BCUT2D eigenvalue weighted by Crippen LogP contribution is 2.43. The second-order valence-electron chi connectivity index (χ2n) is 11.0. The Labute approximate surface area is 217 Å². The number of nitrogens with zero attached hydrogens (tertiary/aromatic N) is 1. The number of likely N-dealkylation sites (N-methyl/N-ethyl adjacent to an activating group) is 1. The highest BCUT2D eigenvalue weighted by Gasteiger charge is 2.37. The average molecular weight is 521 g/mol. The van der Waals surface area contributed by atoms with Crippen LogP contribution in [0.4, 0.5) is 0 Å². The zero-order valence-electron chi connectivity index (χ0n) is 23.5. The van der Waals surface area contributed by atoms with Gasteiger partial charge in [-0.25, -0.2) is 0 Å². The smallest absolute Gasteiger partial charge is 0.328 e. The maximum Gasteiger partial charge on any atom is 0.328 e. The average Bonchev–Trinajstić information content (AvgIpc) is 3.56. The number of ether oxygens (including phenoxy) is 2. The Morgan fingerprint density at radius 1 is 0.800 bits per heavy atom. The van der Waals surface area contributed by atoms with Gasteiger partial charge < -0.3 is 23.4 Å². The first-order chi connectivity index (χ1) is 16.9. The van der Waals surface area contributed by atoms with Crippen molar-refractivity contribution in [2.24, 2.45) is 0 Å². The molecule has 0 aliphatic carbocycles. The third-order valence-electron chi connectivity index (χ3n) is 7.42. The molecule has 1 aliphatic heterocycles. The number of hydrogen-bond donors (Lipinski definition) is 1. The summed E-state index contributed by atoms with van der Waals surface area (Å²) in [6, 6.07) is 0. The Hall–Kier alpha value is 0.0300. The summed E-state index contributed by atoms with van der Waals surface area (Å²) >= 11 is 0. The molecule has 0 aromatic rings. The van der Waals surface area contributed by atoms with Crippen molar-refractivity contribution in [1.82, 2.24) is 0 Å². The summed E-state index contributed by atoms with van der Waals surface area (Å²) in [4.78, 5) is 10.0. The molecule has 210 valence electrons. The van der Waals surface area contributed by atoms with Crippen molar-refractivity contribution in [2.45, 2.75) is 122 Å². The molecule has 2 unspecified atom stereocenters. The van der Waals surface area contributed by atoms with Crippen LogP contribution in [0.25, 0.3) is 0 Å². The van der Waals surface area contributed by atoms with Crippen molar-refractivity contribution in [3.8, 4) is 0 Å². The summed E-state index contributed by atoms with van der Waals surface area (Å²) in [6.07, 6.45) is 22.3. The minimum absolute atomic E-state index is 0.123. The van der Waals surface area contributed by atoms with E-state index < -0.39 is 7.60 Å². The Morgan fingerprint density at radius 3 is 1.74 bits per heavy atom. The Balaban J connectivity index is 1.83. The lowest BCUT2D eigenvalue weighted by Crippen LogP contribution is -2.25. The predicted octanol–water partition coefficient (Wildman–Crippen LogP) is 7.33. The maximum atomic E-state index is 12.2. The standard InChI is InChI=1S/C28H58NO5P/c1-4-5-6-7-8-9-10-11-12-13-14-15-16-17-18-19-24-33-27-28(32-3)20-26-35(30,31)34-25-23-29(2)21-22-29/h28H,4-27H2,1-3H3/p+1. The fraction of sp³-hybridized carbons (Fsp3) is 1.00. The van der Waals surface area contributed by atoms with Crippen LogP contribution >= 0.6 is 7.60 Å². The lowest BCUT2D eigenvalue weighted by Gasteiger charge is -2.18. The number of methoxy groups -OCH3 is 1. The topological polar surface area (TPSA) is 65.0 Å². The van der Waals surface area contributed by atoms with Crippen LogP contribution in [0.1, 0.15) is 116 Å². The van der Waals surface area contributed by atoms with E-state index >= 15 is 0 Å². The van der Waals surface area contributed by atoms with E-state index in [0.717, 1.165) is 37.1 Å². The number of quaternary nitrogens is 1. The molecule has 1 N–H and O–H groups in total. The molecule has 0 aromatic heterocycles. The van der Waals surface area contributed by atoms with Crippen LogP contribution in [-0.2, 0) is 18.6 Å². The number of hydrogen-bond acceptors (Lipinski definition) is 4. The summed E-state index contributed by atoms with van der Waals surface area (Å²) in [5, 5.41) is 0. The fourth-order valence-corrected chi connectivity index (χ4v) is 5.52. The van der Waals surface area contributed by atoms with E-state index in [0.29, 0.717) is 19.6 Å². The third-order valence-corrected chi connectivity index (χ3v) is 8.83. The highest BCUT2D eigenvalue weighted by molar-refractivity contribution is 7.52. The molecule has 1 fully saturated rings. The van der Waals surface area contributed by atoms with E-state index in [-0.39, 0.29) is 12.3 Å². The van der Waals surface area contributed by atoms with Crippen molar-refractivity contribution in [2.75, 3.05) is 59.8 Å². The van der Waals surface area contributed by atoms with Gasteiger partial charge in [0.1, 0.15) is 26.2 Å². The molecule has 0 radical (unpaired) electrons. The second kappa shape index (κ2) is 21.0. The van der Waals surface area contributed by atoms with Gasteiger partial charge in [0.25, 0.3) is 0 Å². The van der Waals surface area contributed by atoms with Gasteiger partial charge in [-0.2, -0.15) is 0 Å². The molecule has 0 spiro atoms. The van der Waals surface area contributed by atoms with Crippen LogP contribution in [0, 0.1) is 0 Å². The van der Waals surface area contributed by atoms with Crippen molar-refractivity contribution in [1.29, 1.82) is 0 Å². The van der Waals surface area contributed by atoms with Crippen molar-refractivity contribution < 1.29 is 27.9 Å². The van der Waals surface area contributed by atoms with Crippen LogP contribution < -0.4 is 0 Å². The Morgan fingerprint density at radius 2 is 1.29 bits per heavy atom. The second-order valence-corrected chi connectivity index (χ2v) is 13.0. The first kappa shape index (κ1) is 33.1. The summed E-state index contributed by atoms with van der Waals surface area (Å²) in [6.45, 7) is 6.93. The van der Waals surface area contributed by atoms with E-state index in [2.05, 4.69) is 14.0 Å². The third kappa shape index (κ3) is 20.7. The van der Waals surface area contributed by atoms with Crippen LogP contribution in [0.5, 0.6) is 0 Å². The molecule has 7 heteroatoms. The predicted molar refractivity (Wildman–Crippen MR) is 147 cm³/mol. The molecular formula is C28H59NO5P+. The molecule has 1 heterocycles. The largest absolute Gasteiger partial charge is 0.379 e. The van der Waals surface area contributed by atoms with Gasteiger partial charge in [-0.1, -0.05) is 103 Å². The molecule has 1 aliphatic rings. The van der Waals surface area contributed by atoms with Gasteiger partial charge in [-0.15, -0.1) is 0 Å². The molecule has 0 bridgehead atoms. The van der Waals surface area contributed by atoms with Gasteiger partial charge in [0.05, 0.1) is 25.9 Å². The van der Waals surface area contributed by atoms with Gasteiger partial charge in [0.2, 0.25) is 0 Å². The normalized spacial score (nSPS) is 17.4. The zero-order chi connectivity index (χ0) is 25.7. The molecule has 0 amide bonds. The molecule has 1 rings (SSSR count). The van der Waals surface area contributed by atoms with Gasteiger partial charge in [0, 0.05) is 13.7 Å². The van der Waals surface area contributed by atoms with Crippen molar-refractivity contribution in [3.05, 3.63) is 0 Å². The zero-order valence-corrected chi connectivity index (χ0v) is 24.4. The first-order valence-corrected chi connectivity index (χ1v) is 16.6. The minimum Gasteiger partial charge on any atom is -0.379 e. The van der Waals surface area contributed by atoms with Crippen LogP contribution in [0.3, 0.4) is 0 Å². The Kier molecular flexibility index (Phi) is 19.9. The maximum absolute atomic E-state index is 12.2. The van der Waals surface area contributed by atoms with Crippen molar-refractivity contribution in [3.63, 3.8) is 0 Å². The van der Waals surface area contributed by atoms with E-state index in [9.17, 15) is 9.46 Å². The summed E-state index contributed by atoms with van der Waals surface area (Å²) in [5.74, 6) is 0. The summed E-state index contributed by atoms with van der Waals surface area (Å²) < 4.78 is 29.6. The SMILES string of the molecule is CCCCCCCCCCCCCCCCCCOCC(CCP(=O)(O)OCC[N+]1(C)CC1)OC. The van der Waals surface area contributed by atoms with Gasteiger partial charge in [-0.05, 0) is 12.8 Å². The monoisotopic (exact) mass is 520 g/mol. The summed E-state index contributed by atoms with van der Waals surface area (Å²) in [7, 11) is 0.236. The summed E-state index contributed by atoms with van der Waals surface area (Å²) in [5.41, 5.74) is 0. The lowest BCUT2D eigenvalue weighted by molar-refractivity contribution is -0.777. The molecule has 0 aromatic carbocycles. The van der Waals surface area contributed by atoms with E-state index in [1.807, 2.05) is 0 Å². The highest BCUT2D eigenvalue weighted by atomic mass is 31.2. The van der Waals surface area contributed by atoms with E-state index in [1.165, 1.54) is 96.3 Å². The Bertz CT molecular complexity index is 529. The fourth-order valence-electron chi connectivity index (χ4n) is 4.41. The molecule has 35 heavy (non-hydrogen) atoms. The minimum atomic E-state index is -3.54. The van der Waals surface area contributed by atoms with E-state index in [4.69, 9.17) is 14.0 Å². The molecule has 0 saturated carbocycles.